The van der Waals surface area contributed by atoms with Crippen molar-refractivity contribution in [3.05, 3.63) is 94.5 Å². The number of hydrogen-bond donors (Lipinski definition) is 1. The number of amides is 1. The molecule has 0 bridgehead atoms. The van der Waals surface area contributed by atoms with Crippen LogP contribution >= 0.6 is 0 Å². The minimum Gasteiger partial charge on any atom is -0.350 e. The summed E-state index contributed by atoms with van der Waals surface area (Å²) in [6.45, 7) is 2.37. The molecule has 0 aliphatic carbocycles. The first-order valence-corrected chi connectivity index (χ1v) is 9.08. The van der Waals surface area contributed by atoms with E-state index in [1.807, 2.05) is 61.5 Å². The molecular weight excluding hydrogens is 352 g/mol. The lowest BCUT2D eigenvalue weighted by Crippen LogP contribution is -2.32. The van der Waals surface area contributed by atoms with E-state index in [4.69, 9.17) is 0 Å². The zero-order chi connectivity index (χ0) is 19.5. The molecular formula is C22H20N4O2. The third kappa shape index (κ3) is 3.32. The summed E-state index contributed by atoms with van der Waals surface area (Å²) in [7, 11) is 0. The van der Waals surface area contributed by atoms with Gasteiger partial charge >= 0.3 is 5.69 Å². The molecule has 0 aliphatic rings. The van der Waals surface area contributed by atoms with Crippen LogP contribution in [0, 0.1) is 6.92 Å². The maximum absolute atomic E-state index is 13.1. The SMILES string of the molecule is Cc1ccccc1CNC(=O)Cn1c(=O)n(-c2ccccc2)c2ncccc21. The molecule has 0 unspecified atom stereocenters. The summed E-state index contributed by atoms with van der Waals surface area (Å²) < 4.78 is 2.99. The van der Waals surface area contributed by atoms with Gasteiger partial charge in [0.2, 0.25) is 5.91 Å². The molecule has 4 aromatic rings. The van der Waals surface area contributed by atoms with Gasteiger partial charge in [0, 0.05) is 12.7 Å². The number of imidazole rings is 1. The fraction of sp³-hybridized carbons (Fsp3) is 0.136. The van der Waals surface area contributed by atoms with Gasteiger partial charge in [-0.25, -0.2) is 14.3 Å². The Labute approximate surface area is 162 Å². The fourth-order valence-corrected chi connectivity index (χ4v) is 3.25. The van der Waals surface area contributed by atoms with E-state index in [0.29, 0.717) is 17.7 Å². The van der Waals surface area contributed by atoms with Crippen molar-refractivity contribution in [3.8, 4) is 5.69 Å². The van der Waals surface area contributed by atoms with Crippen molar-refractivity contribution in [2.75, 3.05) is 0 Å². The molecule has 0 spiro atoms. The van der Waals surface area contributed by atoms with Gasteiger partial charge in [-0.2, -0.15) is 0 Å². The van der Waals surface area contributed by atoms with E-state index in [9.17, 15) is 9.59 Å². The first kappa shape index (κ1) is 17.7. The van der Waals surface area contributed by atoms with Crippen LogP contribution in [0.4, 0.5) is 0 Å². The van der Waals surface area contributed by atoms with Crippen molar-refractivity contribution in [1.29, 1.82) is 0 Å². The van der Waals surface area contributed by atoms with Crippen molar-refractivity contribution >= 4 is 17.1 Å². The number of aromatic nitrogens is 3. The molecule has 28 heavy (non-hydrogen) atoms. The number of nitrogens with one attached hydrogen (secondary N) is 1. The number of nitrogens with zero attached hydrogens (tertiary/aromatic N) is 3. The van der Waals surface area contributed by atoms with Crippen LogP contribution in [0.3, 0.4) is 0 Å². The standard InChI is InChI=1S/C22H20N4O2/c1-16-8-5-6-9-17(16)14-24-20(27)15-25-19-12-7-13-23-21(19)26(22(25)28)18-10-3-2-4-11-18/h2-13H,14-15H2,1H3,(H,24,27). The van der Waals surface area contributed by atoms with Crippen LogP contribution in [0.2, 0.25) is 0 Å². The summed E-state index contributed by atoms with van der Waals surface area (Å²) in [5, 5.41) is 2.90. The molecule has 0 saturated heterocycles. The topological polar surface area (TPSA) is 68.9 Å². The van der Waals surface area contributed by atoms with Gasteiger partial charge in [-0.05, 0) is 42.3 Å². The van der Waals surface area contributed by atoms with Crippen LogP contribution in [-0.2, 0) is 17.9 Å². The molecule has 0 saturated carbocycles. The Morgan fingerprint density at radius 2 is 1.75 bits per heavy atom. The van der Waals surface area contributed by atoms with Gasteiger partial charge in [-0.15, -0.1) is 0 Å². The molecule has 2 heterocycles. The monoisotopic (exact) mass is 372 g/mol. The number of para-hydroxylation sites is 1. The third-order valence-corrected chi connectivity index (χ3v) is 4.74. The maximum Gasteiger partial charge on any atom is 0.335 e. The highest BCUT2D eigenvalue weighted by Gasteiger charge is 2.17. The van der Waals surface area contributed by atoms with E-state index >= 15 is 0 Å². The molecule has 0 atom stereocenters. The Bertz CT molecular complexity index is 1190. The third-order valence-electron chi connectivity index (χ3n) is 4.74. The van der Waals surface area contributed by atoms with Gasteiger partial charge in [-0.1, -0.05) is 42.5 Å². The first-order valence-electron chi connectivity index (χ1n) is 9.08. The van der Waals surface area contributed by atoms with Crippen molar-refractivity contribution in [2.45, 2.75) is 20.0 Å². The average molecular weight is 372 g/mol. The smallest absolute Gasteiger partial charge is 0.335 e. The van der Waals surface area contributed by atoms with Gasteiger partial charge in [0.15, 0.2) is 5.65 Å². The van der Waals surface area contributed by atoms with Crippen LogP contribution in [0.1, 0.15) is 11.1 Å². The second-order valence-electron chi connectivity index (χ2n) is 6.59. The summed E-state index contributed by atoms with van der Waals surface area (Å²) in [4.78, 5) is 30.0. The quantitative estimate of drug-likeness (QED) is 0.586. The van der Waals surface area contributed by atoms with E-state index in [1.165, 1.54) is 9.13 Å². The van der Waals surface area contributed by atoms with Crippen LogP contribution in [0.25, 0.3) is 16.9 Å². The van der Waals surface area contributed by atoms with Crippen molar-refractivity contribution in [1.82, 2.24) is 19.4 Å². The molecule has 2 aromatic heterocycles. The highest BCUT2D eigenvalue weighted by atomic mass is 16.2. The molecule has 2 aromatic carbocycles. The lowest BCUT2D eigenvalue weighted by molar-refractivity contribution is -0.121. The molecule has 6 nitrogen and oxygen atoms in total. The number of pyridine rings is 1. The Morgan fingerprint density at radius 1 is 1.00 bits per heavy atom. The van der Waals surface area contributed by atoms with E-state index in [2.05, 4.69) is 10.3 Å². The summed E-state index contributed by atoms with van der Waals surface area (Å²) in [5.74, 6) is -0.221. The van der Waals surface area contributed by atoms with E-state index in [-0.39, 0.29) is 18.1 Å². The van der Waals surface area contributed by atoms with Crippen LogP contribution < -0.4 is 11.0 Å². The predicted octanol–water partition coefficient (Wildman–Crippen LogP) is 2.81. The normalized spacial score (nSPS) is 10.9. The van der Waals surface area contributed by atoms with Gasteiger partial charge in [-0.3, -0.25) is 9.36 Å². The van der Waals surface area contributed by atoms with Crippen LogP contribution in [-0.4, -0.2) is 20.0 Å². The predicted molar refractivity (Wildman–Crippen MR) is 108 cm³/mol. The highest BCUT2D eigenvalue weighted by Crippen LogP contribution is 2.15. The molecule has 0 aliphatic heterocycles. The number of hydrogen-bond acceptors (Lipinski definition) is 3. The molecule has 1 amide bonds. The molecule has 4 rings (SSSR count). The molecule has 0 fully saturated rings. The van der Waals surface area contributed by atoms with Crippen LogP contribution in [0.15, 0.2) is 77.7 Å². The van der Waals surface area contributed by atoms with Gasteiger partial charge < -0.3 is 5.32 Å². The van der Waals surface area contributed by atoms with E-state index in [0.717, 1.165) is 16.8 Å². The van der Waals surface area contributed by atoms with E-state index < -0.39 is 0 Å². The van der Waals surface area contributed by atoms with Crippen molar-refractivity contribution in [3.63, 3.8) is 0 Å². The first-order chi connectivity index (χ1) is 13.6. The summed E-state index contributed by atoms with van der Waals surface area (Å²) in [5.41, 5.74) is 3.76. The minimum absolute atomic E-state index is 0.0628. The number of rotatable bonds is 5. The molecule has 0 radical (unpaired) electrons. The highest BCUT2D eigenvalue weighted by molar-refractivity contribution is 5.80. The Hall–Kier alpha value is -3.67. The largest absolute Gasteiger partial charge is 0.350 e. The van der Waals surface area contributed by atoms with E-state index in [1.54, 1.807) is 18.3 Å². The van der Waals surface area contributed by atoms with Crippen LogP contribution in [0.5, 0.6) is 0 Å². The Kier molecular flexibility index (Phi) is 4.76. The second kappa shape index (κ2) is 7.52. The lowest BCUT2D eigenvalue weighted by atomic mass is 10.1. The Morgan fingerprint density at radius 3 is 2.54 bits per heavy atom. The van der Waals surface area contributed by atoms with Gasteiger partial charge in [0.1, 0.15) is 6.54 Å². The molecule has 140 valence electrons. The van der Waals surface area contributed by atoms with Crippen molar-refractivity contribution in [2.24, 2.45) is 0 Å². The molecule has 1 N–H and O–H groups in total. The zero-order valence-electron chi connectivity index (χ0n) is 15.5. The number of aryl methyl sites for hydroxylation is 1. The number of carbonyl (C=O) groups excluding carboxylic acids is 1. The van der Waals surface area contributed by atoms with Crippen molar-refractivity contribution < 1.29 is 4.79 Å². The number of fused-ring (bicyclic) bond motifs is 1. The minimum atomic E-state index is -0.286. The Balaban J connectivity index is 1.64. The summed E-state index contributed by atoms with van der Waals surface area (Å²) in [6, 6.07) is 20.8. The van der Waals surface area contributed by atoms with Gasteiger partial charge in [0.25, 0.3) is 0 Å². The second-order valence-corrected chi connectivity index (χ2v) is 6.59. The summed E-state index contributed by atoms with van der Waals surface area (Å²) >= 11 is 0. The number of benzene rings is 2. The zero-order valence-corrected chi connectivity index (χ0v) is 15.5. The average Bonchev–Trinajstić information content (AvgIpc) is 3.00. The summed E-state index contributed by atoms with van der Waals surface area (Å²) in [6.07, 6.45) is 1.64. The van der Waals surface area contributed by atoms with Gasteiger partial charge in [0.05, 0.1) is 11.2 Å². The lowest BCUT2D eigenvalue weighted by Gasteiger charge is -2.08. The molecule has 6 heteroatoms. The maximum atomic E-state index is 13.1. The fourth-order valence-electron chi connectivity index (χ4n) is 3.25. The number of carbonyl (C=O) groups is 1.